The lowest BCUT2D eigenvalue weighted by atomic mass is 9.98. The maximum absolute atomic E-state index is 14.8. The number of carboxylic acids is 1. The molecule has 0 aliphatic rings. The van der Waals surface area contributed by atoms with Crippen LogP contribution in [0.5, 0.6) is 0 Å². The summed E-state index contributed by atoms with van der Waals surface area (Å²) in [6.45, 7) is 7.26. The van der Waals surface area contributed by atoms with Crippen LogP contribution in [0.25, 0.3) is 0 Å². The second kappa shape index (κ2) is 11.0. The monoisotopic (exact) mass is 465 g/mol. The first-order chi connectivity index (χ1) is 14.3. The van der Waals surface area contributed by atoms with Crippen LogP contribution in [-0.4, -0.2) is 42.5 Å². The fourth-order valence-corrected chi connectivity index (χ4v) is 4.13. The Labute approximate surface area is 180 Å². The normalized spacial score (nSPS) is 13.5. The topological polar surface area (TPSA) is 111 Å². The Hall–Kier alpha value is -2.03. The van der Waals surface area contributed by atoms with E-state index in [4.69, 9.17) is 13.8 Å². The van der Waals surface area contributed by atoms with Crippen LogP contribution in [0.2, 0.25) is 0 Å². The average Bonchev–Trinajstić information content (AvgIpc) is 2.64. The number of nitrogens with one attached hydrogen (secondary N) is 1. The van der Waals surface area contributed by atoms with Crippen molar-refractivity contribution >= 4 is 19.7 Å². The van der Waals surface area contributed by atoms with E-state index in [-0.39, 0.29) is 26.2 Å². The van der Waals surface area contributed by atoms with Crippen molar-refractivity contribution in [2.75, 3.05) is 19.8 Å². The number of amides is 1. The second-order valence-corrected chi connectivity index (χ2v) is 9.77. The minimum absolute atomic E-state index is 0.0223. The second-order valence-electron chi connectivity index (χ2n) is 7.69. The summed E-state index contributed by atoms with van der Waals surface area (Å²) < 4.78 is 56.6. The van der Waals surface area contributed by atoms with E-state index in [2.05, 4.69) is 5.32 Å². The van der Waals surface area contributed by atoms with Gasteiger partial charge in [-0.3, -0.25) is 9.36 Å². The van der Waals surface area contributed by atoms with Crippen LogP contribution >= 0.6 is 7.60 Å². The van der Waals surface area contributed by atoms with Crippen LogP contribution in [0.1, 0.15) is 45.7 Å². The summed E-state index contributed by atoms with van der Waals surface area (Å²) in [4.78, 5) is 23.3. The Kier molecular flexibility index (Phi) is 9.60. The number of alkyl halides is 2. The van der Waals surface area contributed by atoms with Crippen molar-refractivity contribution in [3.8, 4) is 0 Å². The molecule has 0 unspecified atom stereocenters. The van der Waals surface area contributed by atoms with Crippen LogP contribution < -0.4 is 5.32 Å². The van der Waals surface area contributed by atoms with E-state index in [0.717, 1.165) is 12.1 Å². The van der Waals surface area contributed by atoms with E-state index < -0.39 is 42.4 Å². The summed E-state index contributed by atoms with van der Waals surface area (Å²) in [7, 11) is -4.73. The third kappa shape index (κ3) is 7.87. The molecule has 8 nitrogen and oxygen atoms in total. The van der Waals surface area contributed by atoms with Crippen LogP contribution in [0.3, 0.4) is 0 Å². The van der Waals surface area contributed by atoms with Gasteiger partial charge in [-0.25, -0.2) is 4.79 Å². The molecule has 0 aliphatic heterocycles. The summed E-state index contributed by atoms with van der Waals surface area (Å²) in [5.74, 6) is -2.17. The number of rotatable bonds is 11. The van der Waals surface area contributed by atoms with Crippen molar-refractivity contribution < 1.29 is 41.8 Å². The predicted octanol–water partition coefficient (Wildman–Crippen LogP) is 4.77. The molecule has 176 valence electrons. The fourth-order valence-electron chi connectivity index (χ4n) is 2.59. The molecule has 1 aromatic rings. The number of halogens is 2. The van der Waals surface area contributed by atoms with Crippen molar-refractivity contribution in [1.82, 2.24) is 5.32 Å². The highest BCUT2D eigenvalue weighted by molar-refractivity contribution is 7.54. The maximum atomic E-state index is 14.8. The molecule has 1 atom stereocenters. The summed E-state index contributed by atoms with van der Waals surface area (Å²) in [5.41, 5.74) is -4.73. The number of carbonyl (C=O) groups is 2. The van der Waals surface area contributed by atoms with Gasteiger partial charge in [0.15, 0.2) is 0 Å². The van der Waals surface area contributed by atoms with Gasteiger partial charge in [0.1, 0.15) is 5.60 Å². The van der Waals surface area contributed by atoms with Gasteiger partial charge in [-0.05, 0) is 46.6 Å². The molecule has 0 aliphatic carbocycles. The number of ether oxygens (including phenoxy) is 1. The molecule has 0 radical (unpaired) electrons. The van der Waals surface area contributed by atoms with Crippen LogP contribution in [0, 0.1) is 5.92 Å². The highest BCUT2D eigenvalue weighted by Crippen LogP contribution is 2.66. The Bertz CT molecular complexity index is 784. The van der Waals surface area contributed by atoms with Crippen LogP contribution in [0.4, 0.5) is 13.6 Å². The number of carboxylic acid groups (broad SMARTS) is 1. The third-order valence-electron chi connectivity index (χ3n) is 3.97. The Balaban J connectivity index is 2.92. The highest BCUT2D eigenvalue weighted by atomic mass is 31.2. The third-order valence-corrected chi connectivity index (χ3v) is 6.11. The molecule has 0 bridgehead atoms. The van der Waals surface area contributed by atoms with E-state index in [1.807, 2.05) is 0 Å². The molecular weight excluding hydrogens is 435 g/mol. The number of hydrogen-bond donors (Lipinski definition) is 2. The maximum Gasteiger partial charge on any atom is 0.407 e. The summed E-state index contributed by atoms with van der Waals surface area (Å²) in [6, 6.07) is 4.74. The number of alkyl carbamates (subject to hydrolysis) is 1. The summed E-state index contributed by atoms with van der Waals surface area (Å²) in [6.07, 6.45) is -0.776. The number of carbonyl (C=O) groups excluding carboxylic acids is 1. The molecular formula is C20H30F2NO7P. The molecule has 0 heterocycles. The van der Waals surface area contributed by atoms with Gasteiger partial charge < -0.3 is 24.2 Å². The standard InChI is InChI=1S/C20H30F2NO7P/c1-6-28-31(27,29-7-2)20(21,22)16-10-8-14(9-11-16)12-15(17(24)25)13-23-18(26)30-19(3,4)5/h8-11,15H,6-7,12-13H2,1-5H3,(H,23,26)(H,24,25)/t15-/m1/s1. The summed E-state index contributed by atoms with van der Waals surface area (Å²) in [5, 5.41) is 11.8. The molecule has 0 spiro atoms. The van der Waals surface area contributed by atoms with Crippen molar-refractivity contribution in [2.24, 2.45) is 5.92 Å². The zero-order chi connectivity index (χ0) is 23.9. The van der Waals surface area contributed by atoms with Crippen molar-refractivity contribution in [2.45, 2.75) is 52.3 Å². The summed E-state index contributed by atoms with van der Waals surface area (Å²) >= 11 is 0. The van der Waals surface area contributed by atoms with Crippen LogP contribution in [0.15, 0.2) is 24.3 Å². The minimum atomic E-state index is -4.73. The zero-order valence-electron chi connectivity index (χ0n) is 18.3. The Morgan fingerprint density at radius 2 is 1.61 bits per heavy atom. The molecule has 0 aromatic heterocycles. The van der Waals surface area contributed by atoms with E-state index in [1.165, 1.54) is 26.0 Å². The van der Waals surface area contributed by atoms with E-state index >= 15 is 0 Å². The molecule has 0 fully saturated rings. The molecule has 31 heavy (non-hydrogen) atoms. The Morgan fingerprint density at radius 1 is 1.10 bits per heavy atom. The SMILES string of the molecule is CCOP(=O)(OCC)C(F)(F)c1ccc(C[C@H](CNC(=O)OC(C)(C)C)C(=O)O)cc1. The predicted molar refractivity (Wildman–Crippen MR) is 110 cm³/mol. The lowest BCUT2D eigenvalue weighted by molar-refractivity contribution is -0.141. The largest absolute Gasteiger partial charge is 0.481 e. The highest BCUT2D eigenvalue weighted by Gasteiger charge is 2.54. The lowest BCUT2D eigenvalue weighted by Crippen LogP contribution is -2.37. The molecule has 0 saturated heterocycles. The van der Waals surface area contributed by atoms with Crippen molar-refractivity contribution in [3.05, 3.63) is 35.4 Å². The first kappa shape index (κ1) is 27.0. The number of aliphatic carboxylic acids is 1. The lowest BCUT2D eigenvalue weighted by Gasteiger charge is -2.26. The van der Waals surface area contributed by atoms with Gasteiger partial charge >= 0.3 is 25.3 Å². The van der Waals surface area contributed by atoms with E-state index in [1.54, 1.807) is 20.8 Å². The first-order valence-electron chi connectivity index (χ1n) is 9.81. The molecule has 0 saturated carbocycles. The number of hydrogen-bond acceptors (Lipinski definition) is 6. The minimum Gasteiger partial charge on any atom is -0.481 e. The van der Waals surface area contributed by atoms with Gasteiger partial charge in [-0.2, -0.15) is 8.78 Å². The number of benzene rings is 1. The first-order valence-corrected chi connectivity index (χ1v) is 11.4. The van der Waals surface area contributed by atoms with Gasteiger partial charge in [0, 0.05) is 12.1 Å². The van der Waals surface area contributed by atoms with Gasteiger partial charge in [0.2, 0.25) is 0 Å². The van der Waals surface area contributed by atoms with Gasteiger partial charge in [0.05, 0.1) is 19.1 Å². The van der Waals surface area contributed by atoms with Crippen molar-refractivity contribution in [3.63, 3.8) is 0 Å². The molecule has 2 N–H and O–H groups in total. The van der Waals surface area contributed by atoms with E-state index in [9.17, 15) is 28.0 Å². The average molecular weight is 465 g/mol. The van der Waals surface area contributed by atoms with Crippen LogP contribution in [-0.2, 0) is 35.2 Å². The fraction of sp³-hybridized carbons (Fsp3) is 0.600. The molecule has 1 amide bonds. The van der Waals surface area contributed by atoms with Gasteiger partial charge in [-0.1, -0.05) is 24.3 Å². The molecule has 11 heteroatoms. The molecule has 1 rings (SSSR count). The van der Waals surface area contributed by atoms with Crippen molar-refractivity contribution in [1.29, 1.82) is 0 Å². The molecule has 1 aromatic carbocycles. The van der Waals surface area contributed by atoms with Gasteiger partial charge in [0.25, 0.3) is 0 Å². The zero-order valence-corrected chi connectivity index (χ0v) is 19.2. The quantitative estimate of drug-likeness (QED) is 0.453. The van der Waals surface area contributed by atoms with E-state index in [0.29, 0.717) is 5.56 Å². The Morgan fingerprint density at radius 3 is 2.03 bits per heavy atom. The smallest absolute Gasteiger partial charge is 0.407 e. The van der Waals surface area contributed by atoms with Gasteiger partial charge in [-0.15, -0.1) is 0 Å².